The van der Waals surface area contributed by atoms with Gasteiger partial charge in [-0.05, 0) is 13.5 Å². The number of likely N-dealkylation sites (N-methyl/N-ethyl adjacent to an activating group) is 1. The van der Waals surface area contributed by atoms with Gasteiger partial charge in [0, 0.05) is 6.42 Å². The van der Waals surface area contributed by atoms with Crippen molar-refractivity contribution in [2.24, 2.45) is 0 Å². The molecule has 0 radical (unpaired) electrons. The largest absolute Gasteiger partial charge is 0.392 e. The summed E-state index contributed by atoms with van der Waals surface area (Å²) in [6.07, 6.45) is 11.2. The number of carbonyl (C=O) groups is 2. The molecule has 120 valence electrons. The van der Waals surface area contributed by atoms with Gasteiger partial charge in [-0.25, -0.2) is 0 Å². The predicted octanol–water partition coefficient (Wildman–Crippen LogP) is 3.36. The van der Waals surface area contributed by atoms with Crippen LogP contribution < -0.4 is 11.5 Å². The highest BCUT2D eigenvalue weighted by Crippen LogP contribution is 2.10. The molecule has 5 heteroatoms. The van der Waals surface area contributed by atoms with Crippen molar-refractivity contribution < 1.29 is 14.3 Å². The number of hydrogen-bond donors (Lipinski definition) is 2. The van der Waals surface area contributed by atoms with Gasteiger partial charge in [0.05, 0.1) is 6.54 Å². The molecule has 0 atom stereocenters. The van der Waals surface area contributed by atoms with Crippen LogP contribution in [0.5, 0.6) is 0 Å². The van der Waals surface area contributed by atoms with Gasteiger partial charge in [-0.2, -0.15) is 0 Å². The zero-order valence-electron chi connectivity index (χ0n) is 13.2. The second kappa shape index (κ2) is 16.1. The molecule has 0 aliphatic heterocycles. The molecule has 0 rings (SSSR count). The Morgan fingerprint density at radius 1 is 0.850 bits per heavy atom. The van der Waals surface area contributed by atoms with E-state index in [1.165, 1.54) is 44.9 Å². The number of nitrogens with one attached hydrogen (secondary N) is 1. The topological polar surface area (TPSA) is 90.4 Å². The Hall–Kier alpha value is -0.940. The molecule has 0 unspecified atom stereocenters. The van der Waals surface area contributed by atoms with Crippen molar-refractivity contribution in [1.82, 2.24) is 11.5 Å². The summed E-state index contributed by atoms with van der Waals surface area (Å²) in [7, 11) is 1.65. The van der Waals surface area contributed by atoms with Crippen LogP contribution in [0.25, 0.3) is 0 Å². The van der Waals surface area contributed by atoms with Crippen molar-refractivity contribution in [3.05, 3.63) is 0 Å². The summed E-state index contributed by atoms with van der Waals surface area (Å²) >= 11 is 0. The lowest BCUT2D eigenvalue weighted by Gasteiger charge is -2.03. The Balaban J connectivity index is 0. The summed E-state index contributed by atoms with van der Waals surface area (Å²) in [5, 5.41) is 2.65. The van der Waals surface area contributed by atoms with Crippen LogP contribution in [0.4, 0.5) is 0 Å². The van der Waals surface area contributed by atoms with E-state index in [2.05, 4.69) is 17.0 Å². The molecule has 0 saturated carbocycles. The second-order valence-corrected chi connectivity index (χ2v) is 4.95. The molecule has 0 saturated heterocycles. The molecule has 0 aliphatic rings. The second-order valence-electron chi connectivity index (χ2n) is 4.95. The van der Waals surface area contributed by atoms with Crippen LogP contribution >= 0.6 is 0 Å². The maximum atomic E-state index is 11.3. The van der Waals surface area contributed by atoms with Crippen LogP contribution in [-0.4, -0.2) is 25.5 Å². The first-order valence-corrected chi connectivity index (χ1v) is 7.58. The van der Waals surface area contributed by atoms with Gasteiger partial charge < -0.3 is 16.2 Å². The van der Waals surface area contributed by atoms with Gasteiger partial charge in [0.15, 0.2) is 0 Å². The van der Waals surface area contributed by atoms with Crippen molar-refractivity contribution in [2.75, 3.05) is 13.6 Å². The van der Waals surface area contributed by atoms with Gasteiger partial charge in [-0.1, -0.05) is 58.3 Å². The fraction of sp³-hybridized carbons (Fsp3) is 0.867. The number of carbonyl (C=O) groups excluding carboxylic acids is 2. The molecular formula is C15H32N2O3. The summed E-state index contributed by atoms with van der Waals surface area (Å²) in [5.74, 6) is -0.897. The Labute approximate surface area is 123 Å². The number of hydrogen-bond acceptors (Lipinski definition) is 5. The van der Waals surface area contributed by atoms with Crippen molar-refractivity contribution in [3.8, 4) is 0 Å². The van der Waals surface area contributed by atoms with Crippen LogP contribution in [-0.2, 0) is 14.3 Å². The highest BCUT2D eigenvalue weighted by atomic mass is 16.6. The van der Waals surface area contributed by atoms with Crippen LogP contribution in [0.2, 0.25) is 0 Å². The Kier molecular flexibility index (Phi) is 17.2. The molecule has 0 amide bonds. The normalized spacial score (nSPS) is 9.90. The minimum absolute atomic E-state index is 0. The smallest absolute Gasteiger partial charge is 0.327 e. The number of ether oxygens (including phenoxy) is 1. The Bertz CT molecular complexity index is 245. The fourth-order valence-corrected chi connectivity index (χ4v) is 1.94. The maximum absolute atomic E-state index is 11.3. The first kappa shape index (κ1) is 21.4. The van der Waals surface area contributed by atoms with Gasteiger partial charge in [-0.15, -0.1) is 0 Å². The number of unbranched alkanes of at least 4 members (excludes halogenated alkanes) is 8. The van der Waals surface area contributed by atoms with Crippen molar-refractivity contribution in [2.45, 2.75) is 71.1 Å². The van der Waals surface area contributed by atoms with Gasteiger partial charge in [0.2, 0.25) is 0 Å². The molecule has 5 nitrogen and oxygen atoms in total. The van der Waals surface area contributed by atoms with E-state index < -0.39 is 11.9 Å². The van der Waals surface area contributed by atoms with E-state index in [0.717, 1.165) is 12.8 Å². The van der Waals surface area contributed by atoms with E-state index in [-0.39, 0.29) is 12.7 Å². The van der Waals surface area contributed by atoms with Crippen LogP contribution in [0.1, 0.15) is 71.1 Å². The lowest BCUT2D eigenvalue weighted by molar-refractivity contribution is -0.158. The SMILES string of the molecule is CCCCCCCCCCCC(=O)OC(=O)CNC.N. The predicted molar refractivity (Wildman–Crippen MR) is 81.9 cm³/mol. The summed E-state index contributed by atoms with van der Waals surface area (Å²) in [6.45, 7) is 2.31. The van der Waals surface area contributed by atoms with Gasteiger partial charge in [0.25, 0.3) is 0 Å². The first-order valence-electron chi connectivity index (χ1n) is 7.58. The van der Waals surface area contributed by atoms with E-state index in [9.17, 15) is 9.59 Å². The van der Waals surface area contributed by atoms with Gasteiger partial charge in [0.1, 0.15) is 0 Å². The molecule has 0 heterocycles. The number of esters is 2. The van der Waals surface area contributed by atoms with E-state index >= 15 is 0 Å². The molecule has 0 bridgehead atoms. The van der Waals surface area contributed by atoms with Crippen LogP contribution in [0.15, 0.2) is 0 Å². The first-order chi connectivity index (χ1) is 9.20. The minimum atomic E-state index is -0.497. The highest BCUT2D eigenvalue weighted by molar-refractivity contribution is 5.86. The summed E-state index contributed by atoms with van der Waals surface area (Å²) in [4.78, 5) is 22.3. The molecule has 0 aromatic rings. The quantitative estimate of drug-likeness (QED) is 0.326. The average molecular weight is 288 g/mol. The molecule has 20 heavy (non-hydrogen) atoms. The molecular weight excluding hydrogens is 256 g/mol. The molecule has 4 N–H and O–H groups in total. The van der Waals surface area contributed by atoms with Crippen molar-refractivity contribution in [3.63, 3.8) is 0 Å². The standard InChI is InChI=1S/C15H29NO3.H3N/c1-3-4-5-6-7-8-9-10-11-12-14(17)19-15(18)13-16-2;/h16H,3-13H2,1-2H3;1H3. The third kappa shape index (κ3) is 15.1. The molecule has 0 fully saturated rings. The lowest BCUT2D eigenvalue weighted by Crippen LogP contribution is -2.23. The summed E-state index contributed by atoms with van der Waals surface area (Å²) in [5.41, 5.74) is 0. The van der Waals surface area contributed by atoms with E-state index in [1.54, 1.807) is 7.05 Å². The summed E-state index contributed by atoms with van der Waals surface area (Å²) in [6, 6.07) is 0. The molecule has 0 aromatic carbocycles. The van der Waals surface area contributed by atoms with Crippen molar-refractivity contribution in [1.29, 1.82) is 0 Å². The van der Waals surface area contributed by atoms with Gasteiger partial charge in [-0.3, -0.25) is 9.59 Å². The lowest BCUT2D eigenvalue weighted by atomic mass is 10.1. The number of rotatable bonds is 12. The minimum Gasteiger partial charge on any atom is -0.392 e. The van der Waals surface area contributed by atoms with Crippen molar-refractivity contribution >= 4 is 11.9 Å². The monoisotopic (exact) mass is 288 g/mol. The van der Waals surface area contributed by atoms with E-state index in [4.69, 9.17) is 0 Å². The van der Waals surface area contributed by atoms with Crippen LogP contribution in [0.3, 0.4) is 0 Å². The Morgan fingerprint density at radius 3 is 1.85 bits per heavy atom. The molecule has 0 aliphatic carbocycles. The molecule has 0 aromatic heterocycles. The highest BCUT2D eigenvalue weighted by Gasteiger charge is 2.08. The van der Waals surface area contributed by atoms with Crippen LogP contribution in [0, 0.1) is 0 Å². The molecule has 0 spiro atoms. The fourth-order valence-electron chi connectivity index (χ4n) is 1.94. The Morgan fingerprint density at radius 2 is 1.35 bits per heavy atom. The third-order valence-electron chi connectivity index (χ3n) is 3.03. The maximum Gasteiger partial charge on any atom is 0.327 e. The van der Waals surface area contributed by atoms with Gasteiger partial charge >= 0.3 is 11.9 Å². The zero-order valence-corrected chi connectivity index (χ0v) is 13.2. The summed E-state index contributed by atoms with van der Waals surface area (Å²) < 4.78 is 4.62. The van der Waals surface area contributed by atoms with E-state index in [0.29, 0.717) is 6.42 Å². The average Bonchev–Trinajstić information content (AvgIpc) is 2.37. The zero-order chi connectivity index (χ0) is 14.3. The third-order valence-corrected chi connectivity index (χ3v) is 3.03. The van der Waals surface area contributed by atoms with E-state index in [1.807, 2.05) is 0 Å².